The highest BCUT2D eigenvalue weighted by Gasteiger charge is 2.20. The molecule has 1 saturated heterocycles. The van der Waals surface area contributed by atoms with E-state index in [0.29, 0.717) is 16.7 Å². The molecule has 1 aliphatic heterocycles. The fourth-order valence-electron chi connectivity index (χ4n) is 1.69. The molecule has 1 aliphatic rings. The Bertz CT molecular complexity index is 466. The molecule has 7 heteroatoms. The smallest absolute Gasteiger partial charge is 0.210 e. The average molecular weight is 356 g/mol. The lowest BCUT2D eigenvalue weighted by molar-refractivity contribution is 0.477. The number of hydrogen-bond donors (Lipinski definition) is 1. The van der Waals surface area contributed by atoms with Crippen molar-refractivity contribution in [2.75, 3.05) is 18.1 Å². The van der Waals surface area contributed by atoms with Crippen LogP contribution in [0.3, 0.4) is 0 Å². The summed E-state index contributed by atoms with van der Waals surface area (Å²) in [7, 11) is -3.31. The summed E-state index contributed by atoms with van der Waals surface area (Å²) in [5, 5.41) is 0. The maximum Gasteiger partial charge on any atom is 0.250 e. The zero-order valence-corrected chi connectivity index (χ0v) is 13.2. The summed E-state index contributed by atoms with van der Waals surface area (Å²) >= 11 is 6.47. The fraction of sp³-hybridized carbons (Fsp3) is 0.600. The van der Waals surface area contributed by atoms with Gasteiger partial charge in [-0.1, -0.05) is 0 Å². The van der Waals surface area contributed by atoms with Crippen LogP contribution in [0.2, 0.25) is 0 Å². The molecular formula is C10H14BrNO2S3. The average Bonchev–Trinajstić information content (AvgIpc) is 2.76. The lowest BCUT2D eigenvalue weighted by Gasteiger charge is -2.21. The number of rotatable bonds is 4. The van der Waals surface area contributed by atoms with E-state index >= 15 is 0 Å². The van der Waals surface area contributed by atoms with Crippen LogP contribution < -0.4 is 4.72 Å². The number of nitrogens with one attached hydrogen (secondary N) is 1. The number of halogens is 1. The second kappa shape index (κ2) is 6.06. The van der Waals surface area contributed by atoms with Gasteiger partial charge in [0, 0.05) is 6.54 Å². The molecule has 0 bridgehead atoms. The third-order valence-corrected chi connectivity index (χ3v) is 7.30. The van der Waals surface area contributed by atoms with E-state index in [9.17, 15) is 8.42 Å². The predicted octanol–water partition coefficient (Wildman–Crippen LogP) is 2.93. The molecule has 0 aliphatic carbocycles. The number of thioether (sulfide) groups is 1. The first-order valence-corrected chi connectivity index (χ1v) is 9.65. The maximum absolute atomic E-state index is 12.0. The van der Waals surface area contributed by atoms with Gasteiger partial charge in [-0.2, -0.15) is 11.8 Å². The molecule has 2 heterocycles. The Morgan fingerprint density at radius 2 is 2.06 bits per heavy atom. The summed E-state index contributed by atoms with van der Waals surface area (Å²) in [5.74, 6) is 2.79. The molecular weight excluding hydrogens is 342 g/mol. The third-order valence-electron chi connectivity index (χ3n) is 2.72. The molecule has 0 saturated carbocycles. The Morgan fingerprint density at radius 3 is 2.65 bits per heavy atom. The lowest BCUT2D eigenvalue weighted by Crippen LogP contribution is -2.30. The summed E-state index contributed by atoms with van der Waals surface area (Å²) in [4.78, 5) is 0. The van der Waals surface area contributed by atoms with Crippen molar-refractivity contribution in [3.05, 3.63) is 15.9 Å². The van der Waals surface area contributed by atoms with Gasteiger partial charge < -0.3 is 0 Å². The van der Waals surface area contributed by atoms with Gasteiger partial charge in [0.1, 0.15) is 4.21 Å². The van der Waals surface area contributed by atoms with Gasteiger partial charge in [-0.3, -0.25) is 0 Å². The Morgan fingerprint density at radius 1 is 1.35 bits per heavy atom. The van der Waals surface area contributed by atoms with Crippen molar-refractivity contribution in [1.29, 1.82) is 0 Å². The van der Waals surface area contributed by atoms with Crippen LogP contribution in [0.4, 0.5) is 0 Å². The molecule has 0 atom stereocenters. The maximum atomic E-state index is 12.0. The van der Waals surface area contributed by atoms with E-state index in [2.05, 4.69) is 20.7 Å². The van der Waals surface area contributed by atoms with E-state index in [-0.39, 0.29) is 0 Å². The third kappa shape index (κ3) is 3.96. The molecule has 0 amide bonds. The van der Waals surface area contributed by atoms with Crippen LogP contribution in [0, 0.1) is 5.92 Å². The summed E-state index contributed by atoms with van der Waals surface area (Å²) in [6.07, 6.45) is 2.22. The Labute approximate surface area is 119 Å². The number of hydrogen-bond acceptors (Lipinski definition) is 4. The quantitative estimate of drug-likeness (QED) is 0.902. The Hall–Kier alpha value is 0.440. The number of sulfonamides is 1. The van der Waals surface area contributed by atoms with Crippen LogP contribution in [-0.4, -0.2) is 26.5 Å². The van der Waals surface area contributed by atoms with Crippen molar-refractivity contribution in [3.8, 4) is 0 Å². The molecule has 17 heavy (non-hydrogen) atoms. The molecule has 1 N–H and O–H groups in total. The first kappa shape index (κ1) is 13.9. The molecule has 0 aromatic carbocycles. The predicted molar refractivity (Wildman–Crippen MR) is 77.3 cm³/mol. The summed E-state index contributed by atoms with van der Waals surface area (Å²) in [5.41, 5.74) is 0. The minimum atomic E-state index is -3.31. The van der Waals surface area contributed by atoms with Gasteiger partial charge in [0.2, 0.25) is 10.0 Å². The van der Waals surface area contributed by atoms with E-state index in [1.165, 1.54) is 11.3 Å². The van der Waals surface area contributed by atoms with E-state index in [1.54, 1.807) is 12.1 Å². The highest BCUT2D eigenvalue weighted by Crippen LogP contribution is 2.26. The SMILES string of the molecule is O=S(=O)(NCC1CCSCC1)c1ccc(Br)s1. The van der Waals surface area contributed by atoms with Gasteiger partial charge in [-0.15, -0.1) is 11.3 Å². The second-order valence-corrected chi connectivity index (χ2v) is 9.65. The highest BCUT2D eigenvalue weighted by atomic mass is 79.9. The van der Waals surface area contributed by atoms with Gasteiger partial charge in [0.25, 0.3) is 0 Å². The zero-order chi connectivity index (χ0) is 12.3. The molecule has 1 aromatic heterocycles. The van der Waals surface area contributed by atoms with E-state index < -0.39 is 10.0 Å². The second-order valence-electron chi connectivity index (χ2n) is 3.97. The molecule has 2 rings (SSSR count). The van der Waals surface area contributed by atoms with Crippen LogP contribution in [0.1, 0.15) is 12.8 Å². The van der Waals surface area contributed by atoms with Crippen molar-refractivity contribution < 1.29 is 8.42 Å². The van der Waals surface area contributed by atoms with Gasteiger partial charge in [0.15, 0.2) is 0 Å². The molecule has 1 fully saturated rings. The zero-order valence-electron chi connectivity index (χ0n) is 9.19. The minimum Gasteiger partial charge on any atom is -0.210 e. The molecule has 1 aromatic rings. The molecule has 3 nitrogen and oxygen atoms in total. The molecule has 0 radical (unpaired) electrons. The Balaban J connectivity index is 1.93. The Kier molecular flexibility index (Phi) is 4.94. The van der Waals surface area contributed by atoms with Gasteiger partial charge in [-0.25, -0.2) is 13.1 Å². The van der Waals surface area contributed by atoms with Crippen LogP contribution in [0.5, 0.6) is 0 Å². The summed E-state index contributed by atoms with van der Waals surface area (Å²) < 4.78 is 27.9. The van der Waals surface area contributed by atoms with Gasteiger partial charge in [-0.05, 0) is 58.3 Å². The largest absolute Gasteiger partial charge is 0.250 e. The van der Waals surface area contributed by atoms with Crippen molar-refractivity contribution in [3.63, 3.8) is 0 Å². The molecule has 96 valence electrons. The topological polar surface area (TPSA) is 46.2 Å². The molecule has 0 unspecified atom stereocenters. The standard InChI is InChI=1S/C10H14BrNO2S3/c11-9-1-2-10(16-9)17(13,14)12-7-8-3-5-15-6-4-8/h1-2,8,12H,3-7H2. The van der Waals surface area contributed by atoms with Gasteiger partial charge >= 0.3 is 0 Å². The van der Waals surface area contributed by atoms with Crippen molar-refractivity contribution in [1.82, 2.24) is 4.72 Å². The van der Waals surface area contributed by atoms with Crippen LogP contribution in [0.15, 0.2) is 20.1 Å². The highest BCUT2D eigenvalue weighted by molar-refractivity contribution is 9.11. The van der Waals surface area contributed by atoms with Crippen LogP contribution in [0.25, 0.3) is 0 Å². The summed E-state index contributed by atoms with van der Waals surface area (Å²) in [6, 6.07) is 3.39. The summed E-state index contributed by atoms with van der Waals surface area (Å²) in [6.45, 7) is 0.568. The van der Waals surface area contributed by atoms with Gasteiger partial charge in [0.05, 0.1) is 3.79 Å². The monoisotopic (exact) mass is 355 g/mol. The first-order valence-electron chi connectivity index (χ1n) is 5.41. The minimum absolute atomic E-state index is 0.384. The molecule has 0 spiro atoms. The van der Waals surface area contributed by atoms with Crippen LogP contribution >= 0.6 is 39.0 Å². The van der Waals surface area contributed by atoms with Crippen molar-refractivity contribution >= 4 is 49.1 Å². The number of thiophene rings is 1. The van der Waals surface area contributed by atoms with E-state index in [0.717, 1.165) is 28.1 Å². The fourth-order valence-corrected chi connectivity index (χ4v) is 6.07. The normalized spacial score (nSPS) is 18.4. The van der Waals surface area contributed by atoms with Crippen LogP contribution in [-0.2, 0) is 10.0 Å². The van der Waals surface area contributed by atoms with Crippen molar-refractivity contribution in [2.24, 2.45) is 5.92 Å². The van der Waals surface area contributed by atoms with Crippen molar-refractivity contribution in [2.45, 2.75) is 17.1 Å². The van der Waals surface area contributed by atoms with E-state index in [4.69, 9.17) is 0 Å². The first-order chi connectivity index (χ1) is 8.08. The van der Waals surface area contributed by atoms with E-state index in [1.807, 2.05) is 11.8 Å². The lowest BCUT2D eigenvalue weighted by atomic mass is 10.0.